The van der Waals surface area contributed by atoms with Crippen molar-refractivity contribution < 1.29 is 46.1 Å². The number of fused-ring (bicyclic) bond motifs is 2. The van der Waals surface area contributed by atoms with Crippen LogP contribution in [0.5, 0.6) is 0 Å². The number of halogens is 6. The van der Waals surface area contributed by atoms with E-state index in [4.69, 9.17) is 19.8 Å². The Hall–Kier alpha value is -2.71. The van der Waals surface area contributed by atoms with E-state index in [9.17, 15) is 26.3 Å². The molecule has 0 bridgehead atoms. The summed E-state index contributed by atoms with van der Waals surface area (Å²) in [5.41, 5.74) is 3.62. The average molecular weight is 582 g/mol. The van der Waals surface area contributed by atoms with E-state index in [-0.39, 0.29) is 0 Å². The summed E-state index contributed by atoms with van der Waals surface area (Å²) in [6, 6.07) is 9.82. The average Bonchev–Trinajstić information content (AvgIpc) is 3.46. The van der Waals surface area contributed by atoms with Crippen LogP contribution in [0.3, 0.4) is 0 Å². The third-order valence-corrected chi connectivity index (χ3v) is 7.76. The lowest BCUT2D eigenvalue weighted by Gasteiger charge is -2.40. The monoisotopic (exact) mass is 581 g/mol. The van der Waals surface area contributed by atoms with E-state index >= 15 is 0 Å². The minimum absolute atomic E-state index is 0.400. The number of carbonyl (C=O) groups is 2. The van der Waals surface area contributed by atoms with Crippen molar-refractivity contribution in [3.63, 3.8) is 0 Å². The Kier molecular flexibility index (Phi) is 9.99. The Labute approximate surface area is 224 Å². The zero-order valence-corrected chi connectivity index (χ0v) is 21.6. The molecule has 5 rings (SSSR count). The number of hydrogen-bond acceptors (Lipinski definition) is 6. The number of thiazole rings is 1. The van der Waals surface area contributed by atoms with Gasteiger partial charge in [0.25, 0.3) is 0 Å². The molecule has 0 radical (unpaired) electrons. The van der Waals surface area contributed by atoms with Gasteiger partial charge in [-0.05, 0) is 74.2 Å². The number of benzene rings is 1. The van der Waals surface area contributed by atoms with Gasteiger partial charge in [-0.2, -0.15) is 26.3 Å². The highest BCUT2D eigenvalue weighted by molar-refractivity contribution is 7.09. The van der Waals surface area contributed by atoms with E-state index in [1.54, 1.807) is 22.5 Å². The molecule has 1 aliphatic heterocycles. The first kappa shape index (κ1) is 30.8. The van der Waals surface area contributed by atoms with Crippen LogP contribution in [0.4, 0.5) is 26.3 Å². The van der Waals surface area contributed by atoms with Gasteiger partial charge in [-0.1, -0.05) is 24.3 Å². The van der Waals surface area contributed by atoms with E-state index in [1.165, 1.54) is 56.7 Å². The number of rotatable bonds is 5. The van der Waals surface area contributed by atoms with E-state index in [1.807, 2.05) is 6.20 Å². The highest BCUT2D eigenvalue weighted by Gasteiger charge is 2.45. The number of carboxylic acids is 2. The Bertz CT molecular complexity index is 1070. The molecule has 39 heavy (non-hydrogen) atoms. The second-order valence-electron chi connectivity index (χ2n) is 9.78. The molecule has 216 valence electrons. The van der Waals surface area contributed by atoms with Crippen LogP contribution < -0.4 is 5.32 Å². The third-order valence-electron chi connectivity index (χ3n) is 6.99. The lowest BCUT2D eigenvalue weighted by Crippen LogP contribution is -2.41. The molecule has 1 aromatic heterocycles. The molecule has 2 aliphatic carbocycles. The lowest BCUT2D eigenvalue weighted by molar-refractivity contribution is -0.193. The van der Waals surface area contributed by atoms with Gasteiger partial charge < -0.3 is 15.5 Å². The van der Waals surface area contributed by atoms with Gasteiger partial charge in [0, 0.05) is 17.6 Å². The predicted octanol–water partition coefficient (Wildman–Crippen LogP) is 5.39. The molecule has 14 heteroatoms. The number of nitrogens with one attached hydrogen (secondary N) is 1. The Morgan fingerprint density at radius 3 is 2.08 bits per heavy atom. The van der Waals surface area contributed by atoms with Crippen molar-refractivity contribution >= 4 is 23.3 Å². The Morgan fingerprint density at radius 1 is 1.03 bits per heavy atom. The van der Waals surface area contributed by atoms with Crippen LogP contribution in [0.15, 0.2) is 35.8 Å². The topological polar surface area (TPSA) is 103 Å². The zero-order valence-electron chi connectivity index (χ0n) is 20.8. The van der Waals surface area contributed by atoms with Crippen molar-refractivity contribution in [1.82, 2.24) is 15.2 Å². The molecule has 1 atom stereocenters. The summed E-state index contributed by atoms with van der Waals surface area (Å²) < 4.78 is 63.5. The summed E-state index contributed by atoms with van der Waals surface area (Å²) in [5.74, 6) is -4.57. The maximum absolute atomic E-state index is 10.6. The van der Waals surface area contributed by atoms with Crippen LogP contribution in [0.2, 0.25) is 0 Å². The number of nitrogens with zero attached hydrogens (tertiary/aromatic N) is 2. The first-order valence-corrected chi connectivity index (χ1v) is 13.1. The molecule has 2 heterocycles. The van der Waals surface area contributed by atoms with Crippen molar-refractivity contribution in [2.75, 3.05) is 19.6 Å². The standard InChI is InChI=1S/C21H27N3S.2C2HF3O2/c1-2-4-18-17(3-1)19(23-14-16-5-6-16)13-21(18)7-10-24(11-8-21)15-20-22-9-12-25-20;2*3-2(4,5)1(6)7/h1-4,9,12,16,19,23H,5-8,10-11,13-15H2;2*(H,6,7). The molecule has 1 aromatic carbocycles. The smallest absolute Gasteiger partial charge is 0.475 e. The molecule has 1 unspecified atom stereocenters. The van der Waals surface area contributed by atoms with Crippen molar-refractivity contribution in [2.45, 2.75) is 62.5 Å². The van der Waals surface area contributed by atoms with Crippen LogP contribution in [0, 0.1) is 5.92 Å². The van der Waals surface area contributed by atoms with E-state index in [0.717, 1.165) is 12.5 Å². The summed E-state index contributed by atoms with van der Waals surface area (Å²) in [7, 11) is 0. The fourth-order valence-electron chi connectivity index (χ4n) is 4.84. The van der Waals surface area contributed by atoms with Gasteiger partial charge in [0.1, 0.15) is 5.01 Å². The van der Waals surface area contributed by atoms with E-state index < -0.39 is 24.3 Å². The van der Waals surface area contributed by atoms with E-state index in [2.05, 4.69) is 44.8 Å². The van der Waals surface area contributed by atoms with Gasteiger partial charge >= 0.3 is 24.3 Å². The van der Waals surface area contributed by atoms with Crippen LogP contribution in [-0.4, -0.2) is 64.0 Å². The van der Waals surface area contributed by atoms with Gasteiger partial charge in [0.05, 0.1) is 6.54 Å². The molecule has 0 amide bonds. The summed E-state index contributed by atoms with van der Waals surface area (Å²) in [6.45, 7) is 4.64. The lowest BCUT2D eigenvalue weighted by atomic mass is 9.73. The first-order chi connectivity index (χ1) is 18.2. The first-order valence-electron chi connectivity index (χ1n) is 12.2. The molecular weight excluding hydrogens is 552 g/mol. The van der Waals surface area contributed by atoms with Crippen LogP contribution >= 0.6 is 11.3 Å². The molecule has 1 spiro atoms. The molecule has 1 saturated carbocycles. The summed E-state index contributed by atoms with van der Waals surface area (Å²) in [6.07, 6.45) is -1.51. The Balaban J connectivity index is 0.000000251. The number of alkyl halides is 6. The van der Waals surface area contributed by atoms with Gasteiger partial charge in [-0.25, -0.2) is 14.6 Å². The minimum Gasteiger partial charge on any atom is -0.475 e. The van der Waals surface area contributed by atoms with Crippen LogP contribution in [0.1, 0.15) is 54.3 Å². The van der Waals surface area contributed by atoms with Crippen molar-refractivity contribution in [1.29, 1.82) is 0 Å². The fraction of sp³-hybridized carbons (Fsp3) is 0.560. The highest BCUT2D eigenvalue weighted by Crippen LogP contribution is 2.51. The maximum atomic E-state index is 10.6. The number of hydrogen-bond donors (Lipinski definition) is 3. The second-order valence-corrected chi connectivity index (χ2v) is 10.8. The number of aromatic nitrogens is 1. The molecular formula is C25H29F6N3O4S. The third kappa shape index (κ3) is 8.90. The largest absolute Gasteiger partial charge is 0.490 e. The molecule has 3 N–H and O–H groups in total. The molecule has 1 saturated heterocycles. The second kappa shape index (κ2) is 12.6. The molecule has 3 aliphatic rings. The van der Waals surface area contributed by atoms with Crippen LogP contribution in [-0.2, 0) is 21.5 Å². The van der Waals surface area contributed by atoms with Gasteiger partial charge in [0.15, 0.2) is 0 Å². The normalized spacial score (nSPS) is 20.3. The zero-order chi connectivity index (χ0) is 28.8. The summed E-state index contributed by atoms with van der Waals surface area (Å²) >= 11 is 1.78. The molecule has 2 fully saturated rings. The predicted molar refractivity (Wildman–Crippen MR) is 130 cm³/mol. The van der Waals surface area contributed by atoms with Crippen molar-refractivity contribution in [2.24, 2.45) is 5.92 Å². The summed E-state index contributed by atoms with van der Waals surface area (Å²) in [4.78, 5) is 24.8. The number of aliphatic carboxylic acids is 2. The van der Waals surface area contributed by atoms with Gasteiger partial charge in [-0.15, -0.1) is 11.3 Å². The molecule has 7 nitrogen and oxygen atoms in total. The number of carboxylic acid groups (broad SMARTS) is 2. The van der Waals surface area contributed by atoms with Crippen molar-refractivity contribution in [3.8, 4) is 0 Å². The summed E-state index contributed by atoms with van der Waals surface area (Å²) in [5, 5.41) is 21.5. The van der Waals surface area contributed by atoms with Gasteiger partial charge in [-0.3, -0.25) is 4.90 Å². The van der Waals surface area contributed by atoms with E-state index in [0.29, 0.717) is 11.5 Å². The fourth-order valence-corrected chi connectivity index (χ4v) is 5.50. The maximum Gasteiger partial charge on any atom is 0.490 e. The number of likely N-dealkylation sites (tertiary alicyclic amines) is 1. The quantitative estimate of drug-likeness (QED) is 0.407. The Morgan fingerprint density at radius 2 is 1.59 bits per heavy atom. The van der Waals surface area contributed by atoms with Gasteiger partial charge in [0.2, 0.25) is 0 Å². The van der Waals surface area contributed by atoms with Crippen LogP contribution in [0.25, 0.3) is 0 Å². The highest BCUT2D eigenvalue weighted by atomic mass is 32.1. The SMILES string of the molecule is O=C(O)C(F)(F)F.O=C(O)C(F)(F)F.c1ccc2c(c1)C(NCC1CC1)CC21CCN(Cc2nccs2)CC1. The van der Waals surface area contributed by atoms with Crippen molar-refractivity contribution in [3.05, 3.63) is 52.0 Å². The number of piperidine rings is 1. The molecule has 2 aromatic rings. The minimum atomic E-state index is -5.08.